The summed E-state index contributed by atoms with van der Waals surface area (Å²) < 4.78 is 13.4. The average molecular weight is 180 g/mol. The fourth-order valence-corrected chi connectivity index (χ4v) is 1.68. The first kappa shape index (κ1) is 8.35. The molecular weight excluding hydrogens is 167 g/mol. The normalized spacial score (nSPS) is 21.4. The summed E-state index contributed by atoms with van der Waals surface area (Å²) in [4.78, 5) is 2.00. The molecule has 2 N–H and O–H groups in total. The lowest BCUT2D eigenvalue weighted by atomic mass is 10.0. The quantitative estimate of drug-likeness (QED) is 0.670. The molecule has 0 radical (unpaired) electrons. The third-order valence-electron chi connectivity index (χ3n) is 2.63. The Balaban J connectivity index is 2.38. The molecule has 1 fully saturated rings. The Bertz CT molecular complexity index is 304. The Hall–Kier alpha value is -1.25. The van der Waals surface area contributed by atoms with Crippen molar-refractivity contribution in [3.05, 3.63) is 24.0 Å². The van der Waals surface area contributed by atoms with E-state index in [0.29, 0.717) is 17.4 Å². The van der Waals surface area contributed by atoms with Crippen LogP contribution in [0.15, 0.2) is 18.2 Å². The van der Waals surface area contributed by atoms with Gasteiger partial charge in [-0.25, -0.2) is 4.39 Å². The van der Waals surface area contributed by atoms with Crippen LogP contribution in [-0.4, -0.2) is 12.6 Å². The smallest absolute Gasteiger partial charge is 0.148 e. The first-order chi connectivity index (χ1) is 6.20. The van der Waals surface area contributed by atoms with E-state index in [-0.39, 0.29) is 5.82 Å². The van der Waals surface area contributed by atoms with Gasteiger partial charge >= 0.3 is 0 Å². The average Bonchev–Trinajstić information content (AvgIpc) is 2.09. The number of nitrogens with zero attached hydrogens (tertiary/aromatic N) is 1. The molecule has 1 saturated heterocycles. The van der Waals surface area contributed by atoms with Crippen molar-refractivity contribution in [2.75, 3.05) is 17.2 Å². The lowest BCUT2D eigenvalue weighted by Gasteiger charge is -2.41. The molecule has 13 heavy (non-hydrogen) atoms. The molecule has 0 aliphatic carbocycles. The zero-order chi connectivity index (χ0) is 9.42. The fraction of sp³-hybridized carbons (Fsp3) is 0.400. The molecule has 0 amide bonds. The summed E-state index contributed by atoms with van der Waals surface area (Å²) in [7, 11) is 0. The number of anilines is 2. The Morgan fingerprint density at radius 1 is 1.54 bits per heavy atom. The van der Waals surface area contributed by atoms with Crippen LogP contribution in [-0.2, 0) is 0 Å². The fourth-order valence-electron chi connectivity index (χ4n) is 1.68. The highest BCUT2D eigenvalue weighted by Crippen LogP contribution is 2.33. The van der Waals surface area contributed by atoms with Crippen LogP contribution in [0.25, 0.3) is 0 Å². The van der Waals surface area contributed by atoms with Gasteiger partial charge in [-0.3, -0.25) is 0 Å². The highest BCUT2D eigenvalue weighted by molar-refractivity contribution is 5.69. The lowest BCUT2D eigenvalue weighted by molar-refractivity contribution is 0.470. The monoisotopic (exact) mass is 180 g/mol. The third-order valence-corrected chi connectivity index (χ3v) is 2.63. The number of hydrogen-bond acceptors (Lipinski definition) is 2. The summed E-state index contributed by atoms with van der Waals surface area (Å²) in [6.07, 6.45) is 1.12. The molecule has 1 unspecified atom stereocenters. The number of nitrogens with two attached hydrogens (primary N) is 1. The van der Waals surface area contributed by atoms with E-state index in [1.165, 1.54) is 6.07 Å². The first-order valence-electron chi connectivity index (χ1n) is 4.51. The largest absolute Gasteiger partial charge is 0.397 e. The molecule has 1 atom stereocenters. The Labute approximate surface area is 77.2 Å². The van der Waals surface area contributed by atoms with Gasteiger partial charge in [0.1, 0.15) is 5.82 Å². The summed E-state index contributed by atoms with van der Waals surface area (Å²) in [6.45, 7) is 2.99. The first-order valence-corrected chi connectivity index (χ1v) is 4.51. The molecule has 2 nitrogen and oxygen atoms in total. The maximum absolute atomic E-state index is 13.4. The summed E-state index contributed by atoms with van der Waals surface area (Å²) >= 11 is 0. The van der Waals surface area contributed by atoms with Crippen LogP contribution >= 0.6 is 0 Å². The van der Waals surface area contributed by atoms with E-state index in [0.717, 1.165) is 13.0 Å². The summed E-state index contributed by atoms with van der Waals surface area (Å²) in [5, 5.41) is 0. The molecule has 1 heterocycles. The summed E-state index contributed by atoms with van der Waals surface area (Å²) in [5.41, 5.74) is 6.82. The third kappa shape index (κ3) is 1.24. The van der Waals surface area contributed by atoms with Gasteiger partial charge in [-0.15, -0.1) is 0 Å². The maximum Gasteiger partial charge on any atom is 0.148 e. The molecule has 0 saturated carbocycles. The van der Waals surface area contributed by atoms with Gasteiger partial charge in [0.25, 0.3) is 0 Å². The molecule has 1 aliphatic rings. The van der Waals surface area contributed by atoms with Gasteiger partial charge in [-0.2, -0.15) is 0 Å². The molecule has 2 rings (SSSR count). The summed E-state index contributed by atoms with van der Waals surface area (Å²) in [5.74, 6) is -0.216. The highest BCUT2D eigenvalue weighted by Gasteiger charge is 2.27. The van der Waals surface area contributed by atoms with Crippen LogP contribution in [0, 0.1) is 5.82 Å². The molecule has 0 bridgehead atoms. The van der Waals surface area contributed by atoms with Crippen molar-refractivity contribution in [1.82, 2.24) is 0 Å². The second-order valence-corrected chi connectivity index (χ2v) is 3.51. The molecule has 1 aromatic carbocycles. The number of nitrogen functional groups attached to an aromatic ring is 1. The maximum atomic E-state index is 13.4. The van der Waals surface area contributed by atoms with Crippen molar-refractivity contribution in [2.45, 2.75) is 19.4 Å². The van der Waals surface area contributed by atoms with Crippen molar-refractivity contribution < 1.29 is 4.39 Å². The number of rotatable bonds is 1. The van der Waals surface area contributed by atoms with Gasteiger partial charge in [-0.1, -0.05) is 6.07 Å². The predicted octanol–water partition coefficient (Wildman–Crippen LogP) is 2.01. The topological polar surface area (TPSA) is 29.3 Å². The standard InChI is InChI=1S/C10H13FN2/c1-7-5-6-13(7)10-8(11)3-2-4-9(10)12/h2-4,7H,5-6,12H2,1H3. The lowest BCUT2D eigenvalue weighted by Crippen LogP contribution is -2.46. The molecular formula is C10H13FN2. The number of para-hydroxylation sites is 1. The number of benzene rings is 1. The van der Waals surface area contributed by atoms with E-state index in [1.54, 1.807) is 12.1 Å². The van der Waals surface area contributed by atoms with Crippen molar-refractivity contribution in [1.29, 1.82) is 0 Å². The SMILES string of the molecule is CC1CCN1c1c(N)cccc1F. The van der Waals surface area contributed by atoms with Crippen LogP contribution in [0.5, 0.6) is 0 Å². The Kier molecular flexibility index (Phi) is 1.87. The summed E-state index contributed by atoms with van der Waals surface area (Å²) in [6, 6.07) is 5.25. The van der Waals surface area contributed by atoms with E-state index < -0.39 is 0 Å². The van der Waals surface area contributed by atoms with Crippen LogP contribution < -0.4 is 10.6 Å². The van der Waals surface area contributed by atoms with Gasteiger partial charge < -0.3 is 10.6 Å². The van der Waals surface area contributed by atoms with E-state index >= 15 is 0 Å². The van der Waals surface area contributed by atoms with Gasteiger partial charge in [-0.05, 0) is 25.5 Å². The minimum Gasteiger partial charge on any atom is -0.397 e. The Morgan fingerprint density at radius 2 is 2.31 bits per heavy atom. The van der Waals surface area contributed by atoms with Gasteiger partial charge in [0, 0.05) is 12.6 Å². The molecule has 70 valence electrons. The van der Waals surface area contributed by atoms with Gasteiger partial charge in [0.2, 0.25) is 0 Å². The van der Waals surface area contributed by atoms with E-state index in [1.807, 2.05) is 4.90 Å². The van der Waals surface area contributed by atoms with Crippen molar-refractivity contribution in [2.24, 2.45) is 0 Å². The zero-order valence-electron chi connectivity index (χ0n) is 7.63. The van der Waals surface area contributed by atoms with Crippen molar-refractivity contribution in [3.8, 4) is 0 Å². The molecule has 1 aromatic rings. The number of hydrogen-bond donors (Lipinski definition) is 1. The van der Waals surface area contributed by atoms with Crippen LogP contribution in [0.4, 0.5) is 15.8 Å². The Morgan fingerprint density at radius 3 is 2.77 bits per heavy atom. The molecule has 3 heteroatoms. The van der Waals surface area contributed by atoms with Crippen molar-refractivity contribution >= 4 is 11.4 Å². The minimum atomic E-state index is -0.216. The van der Waals surface area contributed by atoms with Gasteiger partial charge in [0.15, 0.2) is 0 Å². The van der Waals surface area contributed by atoms with E-state index in [9.17, 15) is 4.39 Å². The van der Waals surface area contributed by atoms with Gasteiger partial charge in [0.05, 0.1) is 11.4 Å². The molecule has 0 spiro atoms. The molecule has 1 aliphatic heterocycles. The van der Waals surface area contributed by atoms with Crippen LogP contribution in [0.2, 0.25) is 0 Å². The van der Waals surface area contributed by atoms with Crippen LogP contribution in [0.3, 0.4) is 0 Å². The van der Waals surface area contributed by atoms with Crippen LogP contribution in [0.1, 0.15) is 13.3 Å². The van der Waals surface area contributed by atoms with E-state index in [2.05, 4.69) is 6.92 Å². The molecule has 0 aromatic heterocycles. The highest BCUT2D eigenvalue weighted by atomic mass is 19.1. The second kappa shape index (κ2) is 2.91. The van der Waals surface area contributed by atoms with E-state index in [4.69, 9.17) is 5.73 Å². The predicted molar refractivity (Wildman–Crippen MR) is 52.2 cm³/mol. The zero-order valence-corrected chi connectivity index (χ0v) is 7.63. The second-order valence-electron chi connectivity index (χ2n) is 3.51. The minimum absolute atomic E-state index is 0.216. The number of halogens is 1. The van der Waals surface area contributed by atoms with Crippen molar-refractivity contribution in [3.63, 3.8) is 0 Å².